The highest BCUT2D eigenvalue weighted by Gasteiger charge is 2.88. The Hall–Kier alpha value is -1.11. The van der Waals surface area contributed by atoms with Gasteiger partial charge in [-0.05, 0) is 11.6 Å². The van der Waals surface area contributed by atoms with Crippen LogP contribution in [0.1, 0.15) is 0 Å². The van der Waals surface area contributed by atoms with Gasteiger partial charge in [-0.25, -0.2) is 4.79 Å². The van der Waals surface area contributed by atoms with Crippen molar-refractivity contribution < 1.29 is 84.8 Å². The van der Waals surface area contributed by atoms with Crippen LogP contribution in [0.5, 0.6) is 0 Å². The third-order valence-electron chi connectivity index (χ3n) is 3.01. The number of carbonyl (C=O) groups excluding carboxylic acids is 1. The Morgan fingerprint density at radius 2 is 1.03 bits per heavy atom. The quantitative estimate of drug-likeness (QED) is 0.148. The second-order valence-corrected chi connectivity index (χ2v) is 5.92. The molecule has 0 rings (SSSR count). The molecule has 0 aromatic carbocycles. The molecule has 0 N–H and O–H groups in total. The van der Waals surface area contributed by atoms with Crippen molar-refractivity contribution in [2.24, 2.45) is 0 Å². The highest BCUT2D eigenvalue weighted by molar-refractivity contribution is 6.22. The van der Waals surface area contributed by atoms with Crippen LogP contribution in [0.4, 0.5) is 70.2 Å². The first-order valence-electron chi connectivity index (χ1n) is 6.36. The van der Waals surface area contributed by atoms with Crippen LogP contribution in [0, 0.1) is 0 Å². The first-order chi connectivity index (χ1) is 13.2. The minimum Gasteiger partial charge on any atom is -0.285 e. The van der Waals surface area contributed by atoms with Gasteiger partial charge < -0.3 is 0 Å². The smallest absolute Gasteiger partial charge is 0.285 e. The van der Waals surface area contributed by atoms with Crippen molar-refractivity contribution in [2.75, 3.05) is 5.88 Å². The second-order valence-electron chi connectivity index (χ2n) is 5.18. The number of rotatable bonds is 10. The van der Waals surface area contributed by atoms with Crippen LogP contribution in [0.15, 0.2) is 0 Å². The van der Waals surface area contributed by atoms with E-state index in [9.17, 15) is 75.0 Å². The third kappa shape index (κ3) is 4.53. The summed E-state index contributed by atoms with van der Waals surface area (Å²) in [6.45, 7) is 0. The Morgan fingerprint density at radius 3 is 1.35 bits per heavy atom. The van der Waals surface area contributed by atoms with Gasteiger partial charge in [0.05, 0.1) is 5.88 Å². The zero-order chi connectivity index (χ0) is 25.7. The number of hydrogen-bond acceptors (Lipinski definition) is 3. The van der Waals surface area contributed by atoms with Crippen LogP contribution in [0.2, 0.25) is 0 Å². The summed E-state index contributed by atoms with van der Waals surface area (Å²) < 4.78 is 206. The number of carbonyl (C=O) groups is 1. The van der Waals surface area contributed by atoms with Gasteiger partial charge in [0.1, 0.15) is 0 Å². The molecule has 0 amide bonds. The van der Waals surface area contributed by atoms with Crippen LogP contribution in [0.25, 0.3) is 0 Å². The van der Waals surface area contributed by atoms with Crippen molar-refractivity contribution in [3.8, 4) is 0 Å². The van der Waals surface area contributed by atoms with Crippen molar-refractivity contribution in [2.45, 2.75) is 47.0 Å². The van der Waals surface area contributed by atoms with E-state index in [1.165, 1.54) is 0 Å². The normalized spacial score (nSPS) is 15.8. The Kier molecular flexibility index (Phi) is 7.75. The molecule has 0 bridgehead atoms. The molecule has 0 heterocycles. The van der Waals surface area contributed by atoms with Gasteiger partial charge >= 0.3 is 53.0 Å². The van der Waals surface area contributed by atoms with Crippen LogP contribution < -0.4 is 0 Å². The molecule has 0 aromatic heterocycles. The largest absolute Gasteiger partial charge is 0.461 e. The summed E-state index contributed by atoms with van der Waals surface area (Å²) in [6, 6.07) is 0. The first-order valence-corrected chi connectivity index (χ1v) is 7.28. The minimum absolute atomic E-state index is 1.90. The third-order valence-corrected chi connectivity index (χ3v) is 3.58. The van der Waals surface area contributed by atoms with Gasteiger partial charge in [0, 0.05) is 0 Å². The van der Waals surface area contributed by atoms with E-state index >= 15 is 0 Å². The van der Waals surface area contributed by atoms with Crippen molar-refractivity contribution in [1.29, 1.82) is 0 Å². The molecule has 0 aromatic rings. The number of alkyl halides is 18. The number of hydrogen-bond donors (Lipinski definition) is 0. The lowest BCUT2D eigenvalue weighted by atomic mass is 9.98. The molecule has 0 saturated carbocycles. The maximum Gasteiger partial charge on any atom is 0.461 e. The predicted molar refractivity (Wildman–Crippen MR) is 63.3 cm³/mol. The van der Waals surface area contributed by atoms with Crippen molar-refractivity contribution in [1.82, 2.24) is 0 Å². The molecule has 21 heteroatoms. The predicted octanol–water partition coefficient (Wildman–Crippen LogP) is 5.94. The standard InChI is InChI=1S/C10H2Cl2F16O3/c11-1-3(13,14)5(17,18)10(27,28)31-30-2(29)4(15,16)6(19,20)7(21,22)8(23,24)9(12,25)26/h1H2. The lowest BCUT2D eigenvalue weighted by molar-refractivity contribution is -0.490. The van der Waals surface area contributed by atoms with E-state index < -0.39 is 58.9 Å². The average molecular weight is 545 g/mol. The molecule has 0 saturated heterocycles. The summed E-state index contributed by atoms with van der Waals surface area (Å²) in [5.74, 6) is -50.9. The van der Waals surface area contributed by atoms with Crippen LogP contribution >= 0.6 is 23.2 Å². The van der Waals surface area contributed by atoms with Crippen LogP contribution in [-0.2, 0) is 14.6 Å². The number of halogens is 18. The fourth-order valence-electron chi connectivity index (χ4n) is 1.19. The van der Waals surface area contributed by atoms with E-state index in [4.69, 9.17) is 0 Å². The van der Waals surface area contributed by atoms with Gasteiger partial charge in [0.25, 0.3) is 0 Å². The summed E-state index contributed by atoms with van der Waals surface area (Å²) >= 11 is 7.66. The van der Waals surface area contributed by atoms with E-state index in [1.54, 1.807) is 0 Å². The summed E-state index contributed by atoms with van der Waals surface area (Å²) in [7, 11) is 0. The second kappa shape index (κ2) is 8.03. The van der Waals surface area contributed by atoms with E-state index in [-0.39, 0.29) is 0 Å². The molecule has 0 aliphatic heterocycles. The van der Waals surface area contributed by atoms with Gasteiger partial charge in [0.2, 0.25) is 0 Å². The van der Waals surface area contributed by atoms with Crippen LogP contribution in [0.3, 0.4) is 0 Å². The van der Waals surface area contributed by atoms with Gasteiger partial charge in [0.15, 0.2) is 0 Å². The molecule has 0 fully saturated rings. The SMILES string of the molecule is O=C(OOC(F)(F)C(F)(F)C(F)(F)CCl)C(F)(F)C(F)(F)C(F)(F)C(F)(F)C(F)(F)Cl. The molecule has 0 spiro atoms. The van der Waals surface area contributed by atoms with Gasteiger partial charge in [-0.15, -0.1) is 16.5 Å². The highest BCUT2D eigenvalue weighted by atomic mass is 35.5. The Bertz CT molecular complexity index is 673. The Labute approximate surface area is 168 Å². The fraction of sp³-hybridized carbons (Fsp3) is 0.900. The lowest BCUT2D eigenvalue weighted by Crippen LogP contribution is -2.68. The molecule has 0 aliphatic carbocycles. The summed E-state index contributed by atoms with van der Waals surface area (Å²) in [5, 5.41) is -6.67. The van der Waals surface area contributed by atoms with Gasteiger partial charge in [-0.1, -0.05) is 0 Å². The van der Waals surface area contributed by atoms with Crippen molar-refractivity contribution in [3.63, 3.8) is 0 Å². The van der Waals surface area contributed by atoms with Gasteiger partial charge in [-0.3, -0.25) is 4.89 Å². The average Bonchev–Trinajstić information content (AvgIpc) is 2.57. The molecule has 0 radical (unpaired) electrons. The molecule has 0 atom stereocenters. The van der Waals surface area contributed by atoms with E-state index in [0.717, 1.165) is 0 Å². The molecular weight excluding hydrogens is 543 g/mol. The zero-order valence-electron chi connectivity index (χ0n) is 13.2. The summed E-state index contributed by atoms with van der Waals surface area (Å²) in [6.07, 6.45) is -6.86. The van der Waals surface area contributed by atoms with Crippen LogP contribution in [-0.4, -0.2) is 58.9 Å². The van der Waals surface area contributed by atoms with E-state index in [0.29, 0.717) is 0 Å². The van der Waals surface area contributed by atoms with E-state index in [1.807, 2.05) is 9.78 Å². The van der Waals surface area contributed by atoms with E-state index in [2.05, 4.69) is 23.2 Å². The molecule has 3 nitrogen and oxygen atoms in total. The summed E-state index contributed by atoms with van der Waals surface area (Å²) in [5.41, 5.74) is 0. The topological polar surface area (TPSA) is 35.5 Å². The highest BCUT2D eigenvalue weighted by Crippen LogP contribution is 2.58. The Balaban J connectivity index is 5.94. The molecule has 0 aliphatic rings. The van der Waals surface area contributed by atoms with Crippen molar-refractivity contribution in [3.05, 3.63) is 0 Å². The molecular formula is C10H2Cl2F16O3. The zero-order valence-corrected chi connectivity index (χ0v) is 14.7. The molecule has 186 valence electrons. The van der Waals surface area contributed by atoms with Gasteiger partial charge in [-0.2, -0.15) is 70.2 Å². The molecule has 0 unspecified atom stereocenters. The Morgan fingerprint density at radius 1 is 0.645 bits per heavy atom. The fourth-order valence-corrected chi connectivity index (χ4v) is 1.48. The summed E-state index contributed by atoms with van der Waals surface area (Å²) in [4.78, 5) is 14.6. The van der Waals surface area contributed by atoms with Crippen molar-refractivity contribution >= 4 is 29.2 Å². The molecule has 31 heavy (non-hydrogen) atoms. The maximum absolute atomic E-state index is 13.2. The maximum atomic E-state index is 13.2. The first kappa shape index (κ1) is 29.9. The minimum atomic E-state index is -7.94. The monoisotopic (exact) mass is 544 g/mol. The lowest BCUT2D eigenvalue weighted by Gasteiger charge is -2.36.